The van der Waals surface area contributed by atoms with Gasteiger partial charge in [0, 0.05) is 12.2 Å². The maximum atomic E-state index is 12.4. The van der Waals surface area contributed by atoms with Crippen molar-refractivity contribution in [1.29, 1.82) is 0 Å². The Labute approximate surface area is 98.8 Å². The Balaban J connectivity index is 2.48. The molecule has 0 spiro atoms. The number of carbonyl (C=O) groups is 3. The molecule has 0 aromatic carbocycles. The molecule has 0 aromatic heterocycles. The summed E-state index contributed by atoms with van der Waals surface area (Å²) in [6, 6.07) is -1.31. The number of nitrogens with one attached hydrogen (secondary N) is 2. The first-order chi connectivity index (χ1) is 8.16. The molecule has 6 nitrogen and oxygen atoms in total. The number of rotatable bonds is 3. The van der Waals surface area contributed by atoms with E-state index in [2.05, 4.69) is 0 Å². The van der Waals surface area contributed by atoms with Crippen molar-refractivity contribution in [3.05, 3.63) is 12.2 Å². The van der Waals surface area contributed by atoms with Crippen molar-refractivity contribution in [2.24, 2.45) is 0 Å². The minimum atomic E-state index is -4.58. The molecule has 0 unspecified atom stereocenters. The molecule has 3 amide bonds. The zero-order valence-corrected chi connectivity index (χ0v) is 8.87. The third-order valence-corrected chi connectivity index (χ3v) is 2.26. The van der Waals surface area contributed by atoms with E-state index in [9.17, 15) is 27.6 Å². The number of imide groups is 1. The van der Waals surface area contributed by atoms with Gasteiger partial charge in [-0.15, -0.1) is 0 Å². The molecule has 0 atom stereocenters. The number of alkyl halides is 3. The van der Waals surface area contributed by atoms with Crippen LogP contribution in [0.2, 0.25) is 0 Å². The summed E-state index contributed by atoms with van der Waals surface area (Å²) in [5.41, 5.74) is -2.27. The zero-order valence-electron chi connectivity index (χ0n) is 8.87. The van der Waals surface area contributed by atoms with Gasteiger partial charge in [0.25, 0.3) is 5.91 Å². The van der Waals surface area contributed by atoms with Crippen LogP contribution < -0.4 is 10.6 Å². The van der Waals surface area contributed by atoms with E-state index in [4.69, 9.17) is 5.11 Å². The summed E-state index contributed by atoms with van der Waals surface area (Å²) in [4.78, 5) is 32.0. The summed E-state index contributed by atoms with van der Waals surface area (Å²) in [7, 11) is 0. The average molecular weight is 266 g/mol. The van der Waals surface area contributed by atoms with Crippen LogP contribution in [0.4, 0.5) is 18.0 Å². The van der Waals surface area contributed by atoms with Gasteiger partial charge >= 0.3 is 18.2 Å². The molecule has 1 fully saturated rings. The van der Waals surface area contributed by atoms with Gasteiger partial charge in [-0.3, -0.25) is 10.1 Å². The van der Waals surface area contributed by atoms with Gasteiger partial charge in [-0.2, -0.15) is 13.2 Å². The lowest BCUT2D eigenvalue weighted by Crippen LogP contribution is -2.52. The quantitative estimate of drug-likeness (QED) is 0.650. The number of halogens is 3. The lowest BCUT2D eigenvalue weighted by molar-refractivity contribution is -0.162. The van der Waals surface area contributed by atoms with E-state index >= 15 is 0 Å². The smallest absolute Gasteiger partial charge is 0.411 e. The number of carboxylic acid groups (broad SMARTS) is 1. The molecule has 3 N–H and O–H groups in total. The average Bonchev–Trinajstić information content (AvgIpc) is 2.94. The molecule has 1 saturated carbocycles. The molecular formula is C9H9F3N2O4. The standard InChI is InChI=1S/C9H9F3N2O4/c10-9(11,12)8(3-4-8)14-7(18)13-5(15)1-2-6(16)17/h1-2H,3-4H2,(H,16,17)(H2,13,14,15,18)/b2-1+. The summed E-state index contributed by atoms with van der Waals surface area (Å²) in [6.45, 7) is 0. The molecular weight excluding hydrogens is 257 g/mol. The van der Waals surface area contributed by atoms with Crippen LogP contribution in [0.5, 0.6) is 0 Å². The second-order valence-corrected chi connectivity index (χ2v) is 3.69. The lowest BCUT2D eigenvalue weighted by atomic mass is 10.2. The van der Waals surface area contributed by atoms with Crippen LogP contribution in [-0.4, -0.2) is 34.7 Å². The van der Waals surface area contributed by atoms with Crippen molar-refractivity contribution in [3.63, 3.8) is 0 Å². The van der Waals surface area contributed by atoms with Gasteiger partial charge in [-0.05, 0) is 12.8 Å². The summed E-state index contributed by atoms with van der Waals surface area (Å²) in [5.74, 6) is -2.53. The van der Waals surface area contributed by atoms with Crippen molar-refractivity contribution < 1.29 is 32.7 Å². The van der Waals surface area contributed by atoms with Gasteiger partial charge in [0.2, 0.25) is 0 Å². The molecule has 0 radical (unpaired) electrons. The van der Waals surface area contributed by atoms with Crippen LogP contribution in [0, 0.1) is 0 Å². The minimum Gasteiger partial charge on any atom is -0.478 e. The summed E-state index contributed by atoms with van der Waals surface area (Å²) in [5, 5.41) is 11.4. The molecule has 0 bridgehead atoms. The number of carbonyl (C=O) groups excluding carboxylic acids is 2. The molecule has 0 heterocycles. The number of hydrogen-bond donors (Lipinski definition) is 3. The van der Waals surface area contributed by atoms with Crippen molar-refractivity contribution in [2.45, 2.75) is 24.6 Å². The monoisotopic (exact) mass is 266 g/mol. The lowest BCUT2D eigenvalue weighted by Gasteiger charge is -2.20. The van der Waals surface area contributed by atoms with Crippen LogP contribution >= 0.6 is 0 Å². The fraction of sp³-hybridized carbons (Fsp3) is 0.444. The molecule has 0 saturated heterocycles. The molecule has 1 rings (SSSR count). The van der Waals surface area contributed by atoms with Crippen molar-refractivity contribution in [2.75, 3.05) is 0 Å². The molecule has 18 heavy (non-hydrogen) atoms. The molecule has 0 aromatic rings. The van der Waals surface area contributed by atoms with Crippen molar-refractivity contribution >= 4 is 17.9 Å². The highest BCUT2D eigenvalue weighted by Gasteiger charge is 2.64. The molecule has 9 heteroatoms. The fourth-order valence-corrected chi connectivity index (χ4v) is 1.15. The van der Waals surface area contributed by atoms with Crippen LogP contribution in [0.1, 0.15) is 12.8 Å². The SMILES string of the molecule is O=C(O)/C=C/C(=O)NC(=O)NC1(C(F)(F)F)CC1. The topological polar surface area (TPSA) is 95.5 Å². The van der Waals surface area contributed by atoms with E-state index in [-0.39, 0.29) is 12.8 Å². The number of urea groups is 1. The van der Waals surface area contributed by atoms with Crippen LogP contribution in [-0.2, 0) is 9.59 Å². The first-order valence-electron chi connectivity index (χ1n) is 4.77. The van der Waals surface area contributed by atoms with Gasteiger partial charge in [-0.25, -0.2) is 9.59 Å². The zero-order chi connectivity index (χ0) is 14.0. The number of aliphatic carboxylic acids is 1. The molecule has 0 aliphatic heterocycles. The number of carboxylic acids is 1. The van der Waals surface area contributed by atoms with Gasteiger partial charge in [0.1, 0.15) is 5.54 Å². The largest absolute Gasteiger partial charge is 0.478 e. The van der Waals surface area contributed by atoms with E-state index < -0.39 is 29.6 Å². The summed E-state index contributed by atoms with van der Waals surface area (Å²) < 4.78 is 37.3. The Kier molecular flexibility index (Phi) is 3.63. The maximum Gasteiger partial charge on any atom is 0.411 e. The summed E-state index contributed by atoms with van der Waals surface area (Å²) >= 11 is 0. The van der Waals surface area contributed by atoms with E-state index in [1.165, 1.54) is 0 Å². The molecule has 1 aliphatic carbocycles. The maximum absolute atomic E-state index is 12.4. The predicted octanol–water partition coefficient (Wildman–Crippen LogP) is 0.548. The normalized spacial score (nSPS) is 17.3. The second kappa shape index (κ2) is 4.67. The van der Waals surface area contributed by atoms with E-state index in [1.54, 1.807) is 10.6 Å². The predicted molar refractivity (Wildman–Crippen MR) is 51.5 cm³/mol. The second-order valence-electron chi connectivity index (χ2n) is 3.69. The minimum absolute atomic E-state index is 0.247. The van der Waals surface area contributed by atoms with Crippen LogP contribution in [0.25, 0.3) is 0 Å². The highest BCUT2D eigenvalue weighted by Crippen LogP contribution is 2.48. The Bertz CT molecular complexity index is 413. The number of hydrogen-bond acceptors (Lipinski definition) is 3. The first kappa shape index (κ1) is 14.0. The van der Waals surface area contributed by atoms with E-state index in [1.807, 2.05) is 0 Å². The van der Waals surface area contributed by atoms with Crippen molar-refractivity contribution in [3.8, 4) is 0 Å². The third-order valence-electron chi connectivity index (χ3n) is 2.26. The van der Waals surface area contributed by atoms with E-state index in [0.29, 0.717) is 12.2 Å². The fourth-order valence-electron chi connectivity index (χ4n) is 1.15. The van der Waals surface area contributed by atoms with Gasteiger partial charge in [0.15, 0.2) is 0 Å². The highest BCUT2D eigenvalue weighted by molar-refractivity contribution is 6.02. The number of amides is 3. The van der Waals surface area contributed by atoms with Gasteiger partial charge < -0.3 is 10.4 Å². The first-order valence-corrected chi connectivity index (χ1v) is 4.77. The summed E-state index contributed by atoms with van der Waals surface area (Å²) in [6.07, 6.45) is -4.09. The van der Waals surface area contributed by atoms with Crippen LogP contribution in [0.3, 0.4) is 0 Å². The van der Waals surface area contributed by atoms with Gasteiger partial charge in [0.05, 0.1) is 0 Å². The Morgan fingerprint density at radius 3 is 2.11 bits per heavy atom. The Hall–Kier alpha value is -2.06. The van der Waals surface area contributed by atoms with Crippen molar-refractivity contribution in [1.82, 2.24) is 10.6 Å². The Morgan fingerprint density at radius 2 is 1.72 bits per heavy atom. The molecule has 1 aliphatic rings. The van der Waals surface area contributed by atoms with Crippen LogP contribution in [0.15, 0.2) is 12.2 Å². The molecule has 100 valence electrons. The van der Waals surface area contributed by atoms with E-state index in [0.717, 1.165) is 0 Å². The highest BCUT2D eigenvalue weighted by atomic mass is 19.4. The third kappa shape index (κ3) is 3.47. The van der Waals surface area contributed by atoms with Gasteiger partial charge in [-0.1, -0.05) is 0 Å². The Morgan fingerprint density at radius 1 is 1.17 bits per heavy atom.